The summed E-state index contributed by atoms with van der Waals surface area (Å²) in [5.41, 5.74) is -1.06. The molecule has 0 saturated carbocycles. The molecule has 3 N–H and O–H groups in total. The van der Waals surface area contributed by atoms with E-state index >= 15 is 0 Å². The summed E-state index contributed by atoms with van der Waals surface area (Å²) in [6, 6.07) is 11.2. The molecule has 3 rings (SSSR count). The summed E-state index contributed by atoms with van der Waals surface area (Å²) in [6.45, 7) is 1.06. The van der Waals surface area contributed by atoms with Gasteiger partial charge in [-0.2, -0.15) is 10.4 Å². The minimum absolute atomic E-state index is 0.0225. The fraction of sp³-hybridized carbons (Fsp3) is 0.217. The smallest absolute Gasteiger partial charge is 0.281 e. The SMILES string of the molecule is Cc1c(C#N)c(O)n(CCOCCO)c(=O)c1N=Nc1ccc(S(=O)(=O)Nc2cccc(S(=O)(=O)[O-])c2)cc1. The Morgan fingerprint density at radius 2 is 1.77 bits per heavy atom. The zero-order valence-corrected chi connectivity index (χ0v) is 21.9. The normalized spacial score (nSPS) is 11.9. The van der Waals surface area contributed by atoms with Crippen molar-refractivity contribution in [3.63, 3.8) is 0 Å². The molecule has 14 nitrogen and oxygen atoms in total. The largest absolute Gasteiger partial charge is 0.744 e. The van der Waals surface area contributed by atoms with Gasteiger partial charge in [-0.25, -0.2) is 16.8 Å². The summed E-state index contributed by atoms with van der Waals surface area (Å²) in [5, 5.41) is 36.4. The van der Waals surface area contributed by atoms with E-state index < -0.39 is 36.5 Å². The number of aromatic hydroxyl groups is 1. The monoisotopic (exact) mass is 576 g/mol. The Morgan fingerprint density at radius 1 is 1.08 bits per heavy atom. The Morgan fingerprint density at radius 3 is 2.38 bits per heavy atom. The Hall–Kier alpha value is -4.14. The molecule has 1 heterocycles. The fourth-order valence-corrected chi connectivity index (χ4v) is 4.88. The first-order chi connectivity index (χ1) is 18.4. The Balaban J connectivity index is 1.86. The van der Waals surface area contributed by atoms with Crippen LogP contribution in [0.2, 0.25) is 0 Å². The molecule has 0 aliphatic rings. The van der Waals surface area contributed by atoms with Crippen molar-refractivity contribution in [2.24, 2.45) is 10.2 Å². The summed E-state index contributed by atoms with van der Waals surface area (Å²) in [4.78, 5) is 12.1. The molecule has 0 unspecified atom stereocenters. The van der Waals surface area contributed by atoms with E-state index in [1.165, 1.54) is 43.3 Å². The summed E-state index contributed by atoms with van der Waals surface area (Å²) in [5.74, 6) is -0.563. The molecule has 0 atom stereocenters. The summed E-state index contributed by atoms with van der Waals surface area (Å²) >= 11 is 0. The van der Waals surface area contributed by atoms with E-state index in [4.69, 9.17) is 9.84 Å². The second-order valence-electron chi connectivity index (χ2n) is 7.86. The molecular weight excluding hydrogens is 554 g/mol. The van der Waals surface area contributed by atoms with E-state index in [0.29, 0.717) is 0 Å². The number of aromatic nitrogens is 1. The molecule has 0 bridgehead atoms. The van der Waals surface area contributed by atoms with E-state index in [9.17, 15) is 36.6 Å². The Labute approximate surface area is 223 Å². The van der Waals surface area contributed by atoms with Crippen molar-refractivity contribution in [1.29, 1.82) is 5.26 Å². The van der Waals surface area contributed by atoms with Crippen LogP contribution in [-0.2, 0) is 31.4 Å². The number of hydrogen-bond acceptors (Lipinski definition) is 12. The van der Waals surface area contributed by atoms with Gasteiger partial charge in [-0.3, -0.25) is 14.1 Å². The van der Waals surface area contributed by atoms with E-state index in [1.807, 2.05) is 6.07 Å². The summed E-state index contributed by atoms with van der Waals surface area (Å²) in [7, 11) is -8.95. The molecule has 0 spiro atoms. The molecule has 0 radical (unpaired) electrons. The van der Waals surface area contributed by atoms with Gasteiger partial charge >= 0.3 is 0 Å². The van der Waals surface area contributed by atoms with Crippen molar-refractivity contribution in [2.45, 2.75) is 23.3 Å². The average Bonchev–Trinajstić information content (AvgIpc) is 2.88. The lowest BCUT2D eigenvalue weighted by atomic mass is 10.1. The number of anilines is 1. The van der Waals surface area contributed by atoms with Gasteiger partial charge in [0.1, 0.15) is 21.8 Å². The predicted molar refractivity (Wildman–Crippen MR) is 136 cm³/mol. The lowest BCUT2D eigenvalue weighted by Gasteiger charge is -2.13. The molecular formula is C23H22N5O9S2-. The first kappa shape index (κ1) is 29.4. The molecule has 1 aromatic heterocycles. The van der Waals surface area contributed by atoms with Crippen LogP contribution in [0.4, 0.5) is 17.1 Å². The molecule has 206 valence electrons. The lowest BCUT2D eigenvalue weighted by molar-refractivity contribution is 0.0854. The van der Waals surface area contributed by atoms with Crippen LogP contribution in [-0.4, -0.2) is 56.0 Å². The maximum absolute atomic E-state index is 12.9. The van der Waals surface area contributed by atoms with Crippen molar-refractivity contribution in [1.82, 2.24) is 4.57 Å². The minimum Gasteiger partial charge on any atom is -0.744 e. The number of nitrogens with zero attached hydrogens (tertiary/aromatic N) is 4. The van der Waals surface area contributed by atoms with Gasteiger partial charge in [0.25, 0.3) is 15.6 Å². The van der Waals surface area contributed by atoms with Crippen molar-refractivity contribution >= 4 is 37.2 Å². The summed E-state index contributed by atoms with van der Waals surface area (Å²) in [6.07, 6.45) is 0. The zero-order valence-electron chi connectivity index (χ0n) is 20.3. The zero-order chi connectivity index (χ0) is 28.8. The van der Waals surface area contributed by atoms with E-state index in [2.05, 4.69) is 15.0 Å². The van der Waals surface area contributed by atoms with Gasteiger partial charge in [-0.1, -0.05) is 6.07 Å². The highest BCUT2D eigenvalue weighted by Gasteiger charge is 2.19. The first-order valence-corrected chi connectivity index (χ1v) is 13.9. The van der Waals surface area contributed by atoms with Crippen LogP contribution in [0.5, 0.6) is 5.88 Å². The third-order valence-electron chi connectivity index (χ3n) is 5.25. The average molecular weight is 577 g/mol. The van der Waals surface area contributed by atoms with Crippen LogP contribution < -0.4 is 10.3 Å². The first-order valence-electron chi connectivity index (χ1n) is 11.0. The van der Waals surface area contributed by atoms with E-state index in [1.54, 1.807) is 0 Å². The highest BCUT2D eigenvalue weighted by atomic mass is 32.2. The molecule has 16 heteroatoms. The van der Waals surface area contributed by atoms with Gasteiger partial charge in [0.05, 0.1) is 47.5 Å². The van der Waals surface area contributed by atoms with Crippen LogP contribution in [0.25, 0.3) is 0 Å². The van der Waals surface area contributed by atoms with Gasteiger partial charge in [-0.05, 0) is 49.4 Å². The number of ether oxygens (including phenoxy) is 1. The number of hydrogen-bond donors (Lipinski definition) is 3. The standard InChI is InChI=1S/C23H23N5O9S2/c1-15-20(14-24)22(30)28(9-11-37-12-10-29)23(31)21(15)26-25-16-5-7-18(8-6-16)38(32,33)27-17-3-2-4-19(13-17)39(34,35)36/h2-8,13,27,29-30H,9-12H2,1H3,(H,34,35,36)/p-1. The molecule has 0 fully saturated rings. The third-order valence-corrected chi connectivity index (χ3v) is 7.48. The van der Waals surface area contributed by atoms with Crippen molar-refractivity contribution < 1.29 is 36.3 Å². The molecule has 0 aliphatic heterocycles. The number of sulfonamides is 1. The number of nitrogens with one attached hydrogen (secondary N) is 1. The van der Waals surface area contributed by atoms with Crippen molar-refractivity contribution in [3.8, 4) is 11.9 Å². The Bertz CT molecular complexity index is 1710. The predicted octanol–water partition coefficient (Wildman–Crippen LogP) is 1.86. The quantitative estimate of drug-likeness (QED) is 0.171. The number of nitriles is 1. The number of rotatable bonds is 11. The Kier molecular flexibility index (Phi) is 9.16. The molecule has 0 amide bonds. The molecule has 0 aliphatic carbocycles. The topological polar surface area (TPSA) is 224 Å². The van der Waals surface area contributed by atoms with Gasteiger partial charge in [0, 0.05) is 5.56 Å². The number of aliphatic hydroxyl groups is 1. The fourth-order valence-electron chi connectivity index (χ4n) is 3.32. The van der Waals surface area contributed by atoms with Crippen LogP contribution in [0, 0.1) is 18.3 Å². The molecule has 39 heavy (non-hydrogen) atoms. The van der Waals surface area contributed by atoms with Crippen LogP contribution in [0.15, 0.2) is 73.3 Å². The second-order valence-corrected chi connectivity index (χ2v) is 10.9. The van der Waals surface area contributed by atoms with Crippen molar-refractivity contribution in [3.05, 3.63) is 70.0 Å². The molecule has 3 aromatic rings. The van der Waals surface area contributed by atoms with Crippen LogP contribution in [0.1, 0.15) is 11.1 Å². The van der Waals surface area contributed by atoms with Crippen LogP contribution >= 0.6 is 0 Å². The van der Waals surface area contributed by atoms with Gasteiger partial charge in [0.15, 0.2) is 5.69 Å². The summed E-state index contributed by atoms with van der Waals surface area (Å²) < 4.78 is 67.2. The number of benzene rings is 2. The lowest BCUT2D eigenvalue weighted by Crippen LogP contribution is -2.24. The number of azo groups is 1. The van der Waals surface area contributed by atoms with Gasteiger partial charge < -0.3 is 19.5 Å². The molecule has 0 saturated heterocycles. The van der Waals surface area contributed by atoms with E-state index in [0.717, 1.165) is 16.7 Å². The van der Waals surface area contributed by atoms with Crippen molar-refractivity contribution in [2.75, 3.05) is 24.5 Å². The maximum Gasteiger partial charge on any atom is 0.281 e. The van der Waals surface area contributed by atoms with Crippen LogP contribution in [0.3, 0.4) is 0 Å². The number of pyridine rings is 1. The molecule has 2 aromatic carbocycles. The maximum atomic E-state index is 12.9. The highest BCUT2D eigenvalue weighted by molar-refractivity contribution is 7.92. The van der Waals surface area contributed by atoms with E-state index in [-0.39, 0.29) is 59.4 Å². The highest BCUT2D eigenvalue weighted by Crippen LogP contribution is 2.27. The minimum atomic E-state index is -4.78. The third kappa shape index (κ3) is 7.04. The van der Waals surface area contributed by atoms with Gasteiger partial charge in [-0.15, -0.1) is 5.11 Å². The second kappa shape index (κ2) is 12.1. The number of aliphatic hydroxyl groups excluding tert-OH is 1. The van der Waals surface area contributed by atoms with Gasteiger partial charge in [0.2, 0.25) is 5.88 Å².